The molecule has 0 radical (unpaired) electrons. The summed E-state index contributed by atoms with van der Waals surface area (Å²) in [6, 6.07) is 3.70. The average molecular weight is 349 g/mol. The van der Waals surface area contributed by atoms with Gasteiger partial charge in [0.25, 0.3) is 0 Å². The van der Waals surface area contributed by atoms with E-state index in [0.29, 0.717) is 10.9 Å². The highest BCUT2D eigenvalue weighted by Gasteiger charge is 2.26. The second-order valence-corrected chi connectivity index (χ2v) is 5.59. The first-order valence-corrected chi connectivity index (χ1v) is 6.83. The van der Waals surface area contributed by atoms with E-state index in [2.05, 4.69) is 26.6 Å². The minimum atomic E-state index is -0.726. The van der Waals surface area contributed by atoms with Crippen LogP contribution in [0.3, 0.4) is 0 Å². The van der Waals surface area contributed by atoms with Crippen molar-refractivity contribution in [2.45, 2.75) is 18.9 Å². The number of hydrogen-bond donors (Lipinski definition) is 3. The lowest BCUT2D eigenvalue weighted by molar-refractivity contribution is 0.104. The SMILES string of the molecule is COCC(C)(CCO)NC(=O)Nc1cc(Br)ccc1F. The van der Waals surface area contributed by atoms with Crippen molar-refractivity contribution in [2.24, 2.45) is 0 Å². The van der Waals surface area contributed by atoms with Crippen LogP contribution in [-0.2, 0) is 4.74 Å². The fraction of sp³-hybridized carbons (Fsp3) is 0.462. The number of ether oxygens (including phenoxy) is 1. The molecule has 1 atom stereocenters. The molecule has 0 spiro atoms. The summed E-state index contributed by atoms with van der Waals surface area (Å²) in [6.45, 7) is 1.89. The van der Waals surface area contributed by atoms with E-state index >= 15 is 0 Å². The van der Waals surface area contributed by atoms with Crippen LogP contribution in [0, 0.1) is 5.82 Å². The van der Waals surface area contributed by atoms with Gasteiger partial charge in [-0.05, 0) is 31.5 Å². The highest BCUT2D eigenvalue weighted by molar-refractivity contribution is 9.10. The molecule has 7 heteroatoms. The summed E-state index contributed by atoms with van der Waals surface area (Å²) in [6.07, 6.45) is 0.329. The van der Waals surface area contributed by atoms with Gasteiger partial charge >= 0.3 is 6.03 Å². The molecule has 0 fully saturated rings. The Morgan fingerprint density at radius 2 is 2.25 bits per heavy atom. The lowest BCUT2D eigenvalue weighted by Gasteiger charge is -2.29. The van der Waals surface area contributed by atoms with Gasteiger partial charge in [-0.15, -0.1) is 0 Å². The largest absolute Gasteiger partial charge is 0.396 e. The zero-order chi connectivity index (χ0) is 15.2. The summed E-state index contributed by atoms with van der Waals surface area (Å²) in [4.78, 5) is 11.9. The third kappa shape index (κ3) is 5.07. The zero-order valence-corrected chi connectivity index (χ0v) is 13.0. The van der Waals surface area contributed by atoms with Crippen molar-refractivity contribution < 1.29 is 19.0 Å². The number of hydrogen-bond acceptors (Lipinski definition) is 3. The number of nitrogens with one attached hydrogen (secondary N) is 2. The summed E-state index contributed by atoms with van der Waals surface area (Å²) in [7, 11) is 1.50. The molecule has 1 rings (SSSR count). The van der Waals surface area contributed by atoms with Gasteiger partial charge in [0, 0.05) is 18.2 Å². The third-order valence-electron chi connectivity index (χ3n) is 2.72. The first-order valence-electron chi connectivity index (χ1n) is 6.04. The van der Waals surface area contributed by atoms with Gasteiger partial charge in [-0.3, -0.25) is 0 Å². The Kier molecular flexibility index (Phi) is 6.38. The maximum Gasteiger partial charge on any atom is 0.319 e. The van der Waals surface area contributed by atoms with E-state index in [1.165, 1.54) is 19.2 Å². The Hall–Kier alpha value is -1.18. The molecular formula is C13H18BrFN2O3. The molecule has 5 nitrogen and oxygen atoms in total. The second kappa shape index (κ2) is 7.56. The van der Waals surface area contributed by atoms with Crippen molar-refractivity contribution in [1.29, 1.82) is 0 Å². The van der Waals surface area contributed by atoms with E-state index in [1.807, 2.05) is 0 Å². The number of halogens is 2. The molecule has 20 heavy (non-hydrogen) atoms. The van der Waals surface area contributed by atoms with E-state index in [4.69, 9.17) is 9.84 Å². The minimum Gasteiger partial charge on any atom is -0.396 e. The monoisotopic (exact) mass is 348 g/mol. The number of carbonyl (C=O) groups excluding carboxylic acids is 1. The summed E-state index contributed by atoms with van der Waals surface area (Å²) < 4.78 is 19.2. The van der Waals surface area contributed by atoms with Gasteiger partial charge in [-0.25, -0.2) is 9.18 Å². The molecule has 0 aliphatic carbocycles. The number of amides is 2. The molecule has 2 amide bonds. The lowest BCUT2D eigenvalue weighted by Crippen LogP contribution is -2.51. The normalized spacial score (nSPS) is 13.7. The van der Waals surface area contributed by atoms with Crippen molar-refractivity contribution in [3.05, 3.63) is 28.5 Å². The van der Waals surface area contributed by atoms with Crippen LogP contribution < -0.4 is 10.6 Å². The number of methoxy groups -OCH3 is 1. The number of anilines is 1. The van der Waals surface area contributed by atoms with E-state index in [-0.39, 0.29) is 18.9 Å². The molecule has 0 aromatic heterocycles. The van der Waals surface area contributed by atoms with E-state index in [1.54, 1.807) is 13.0 Å². The van der Waals surface area contributed by atoms with Crippen molar-refractivity contribution in [1.82, 2.24) is 5.32 Å². The van der Waals surface area contributed by atoms with Gasteiger partial charge < -0.3 is 20.5 Å². The molecular weight excluding hydrogens is 331 g/mol. The summed E-state index contributed by atoms with van der Waals surface area (Å²) in [5, 5.41) is 14.1. The number of aliphatic hydroxyl groups excluding tert-OH is 1. The lowest BCUT2D eigenvalue weighted by atomic mass is 10.00. The fourth-order valence-corrected chi connectivity index (χ4v) is 2.12. The molecule has 1 unspecified atom stereocenters. The number of rotatable bonds is 6. The molecule has 0 saturated heterocycles. The predicted molar refractivity (Wildman–Crippen MR) is 78.2 cm³/mol. The molecule has 1 aromatic carbocycles. The Morgan fingerprint density at radius 3 is 2.85 bits per heavy atom. The van der Waals surface area contributed by atoms with Crippen LogP contribution in [0.5, 0.6) is 0 Å². The number of carbonyl (C=O) groups is 1. The van der Waals surface area contributed by atoms with Crippen LogP contribution in [-0.4, -0.2) is 37.0 Å². The van der Waals surface area contributed by atoms with E-state index in [0.717, 1.165) is 0 Å². The van der Waals surface area contributed by atoms with Crippen molar-refractivity contribution in [3.8, 4) is 0 Å². The van der Waals surface area contributed by atoms with Gasteiger partial charge in [-0.2, -0.15) is 0 Å². The van der Waals surface area contributed by atoms with Gasteiger partial charge in [0.1, 0.15) is 5.82 Å². The van der Waals surface area contributed by atoms with Crippen molar-refractivity contribution in [3.63, 3.8) is 0 Å². The van der Waals surface area contributed by atoms with Crippen LogP contribution in [0.1, 0.15) is 13.3 Å². The summed E-state index contributed by atoms with van der Waals surface area (Å²) in [5.41, 5.74) is -0.656. The van der Waals surface area contributed by atoms with E-state index < -0.39 is 17.4 Å². The Labute approximate surface area is 125 Å². The average Bonchev–Trinajstić information content (AvgIpc) is 2.34. The molecule has 0 bridgehead atoms. The molecule has 3 N–H and O–H groups in total. The predicted octanol–water partition coefficient (Wildman–Crippen LogP) is 2.50. The molecule has 0 heterocycles. The minimum absolute atomic E-state index is 0.0700. The van der Waals surface area contributed by atoms with Crippen LogP contribution in [0.2, 0.25) is 0 Å². The number of aliphatic hydroxyl groups is 1. The molecule has 0 aliphatic heterocycles. The van der Waals surface area contributed by atoms with Crippen LogP contribution in [0.15, 0.2) is 22.7 Å². The smallest absolute Gasteiger partial charge is 0.319 e. The third-order valence-corrected chi connectivity index (χ3v) is 3.21. The van der Waals surface area contributed by atoms with Crippen LogP contribution in [0.4, 0.5) is 14.9 Å². The standard InChI is InChI=1S/C13H18BrFN2O3/c1-13(5-6-18,8-20-2)17-12(19)16-11-7-9(14)3-4-10(11)15/h3-4,7,18H,5-6,8H2,1-2H3,(H2,16,17,19). The fourth-order valence-electron chi connectivity index (χ4n) is 1.76. The Balaban J connectivity index is 2.72. The van der Waals surface area contributed by atoms with Crippen molar-refractivity contribution >= 4 is 27.6 Å². The quantitative estimate of drug-likeness (QED) is 0.739. The van der Waals surface area contributed by atoms with Gasteiger partial charge in [0.05, 0.1) is 17.8 Å². The van der Waals surface area contributed by atoms with E-state index in [9.17, 15) is 9.18 Å². The van der Waals surface area contributed by atoms with Gasteiger partial charge in [0.15, 0.2) is 0 Å². The maximum atomic E-state index is 13.5. The summed E-state index contributed by atoms with van der Waals surface area (Å²) >= 11 is 3.21. The summed E-state index contributed by atoms with van der Waals surface area (Å²) in [5.74, 6) is -0.529. The molecule has 0 saturated carbocycles. The second-order valence-electron chi connectivity index (χ2n) is 4.67. The first kappa shape index (κ1) is 16.9. The molecule has 112 valence electrons. The topological polar surface area (TPSA) is 70.6 Å². The first-order chi connectivity index (χ1) is 9.40. The Morgan fingerprint density at radius 1 is 1.55 bits per heavy atom. The highest BCUT2D eigenvalue weighted by Crippen LogP contribution is 2.20. The molecule has 1 aromatic rings. The Bertz CT molecular complexity index is 465. The van der Waals surface area contributed by atoms with Crippen LogP contribution in [0.25, 0.3) is 0 Å². The maximum absolute atomic E-state index is 13.5. The number of urea groups is 1. The molecule has 0 aliphatic rings. The van der Waals surface area contributed by atoms with Gasteiger partial charge in [0.2, 0.25) is 0 Å². The number of benzene rings is 1. The zero-order valence-electron chi connectivity index (χ0n) is 11.4. The van der Waals surface area contributed by atoms with Crippen LogP contribution >= 0.6 is 15.9 Å². The van der Waals surface area contributed by atoms with Crippen molar-refractivity contribution in [2.75, 3.05) is 25.6 Å². The van der Waals surface area contributed by atoms with Gasteiger partial charge in [-0.1, -0.05) is 15.9 Å². The highest BCUT2D eigenvalue weighted by atomic mass is 79.9.